The number of likely N-dealkylation sites (N-methyl/N-ethyl adjacent to an activating group) is 1. The Morgan fingerprint density at radius 1 is 1.14 bits per heavy atom. The minimum absolute atomic E-state index is 0.111. The fourth-order valence-electron chi connectivity index (χ4n) is 5.50. The van der Waals surface area contributed by atoms with Gasteiger partial charge >= 0.3 is 0 Å². The number of anilines is 1. The summed E-state index contributed by atoms with van der Waals surface area (Å²) in [6.07, 6.45) is 0. The predicted molar refractivity (Wildman–Crippen MR) is 136 cm³/mol. The molecule has 10 nitrogen and oxygen atoms in total. The number of fused-ring (bicyclic) bond motifs is 5. The molecule has 3 heterocycles. The van der Waals surface area contributed by atoms with Gasteiger partial charge in [-0.05, 0) is 37.7 Å². The lowest BCUT2D eigenvalue weighted by Crippen LogP contribution is -2.60. The topological polar surface area (TPSA) is 141 Å². The van der Waals surface area contributed by atoms with Crippen molar-refractivity contribution in [3.63, 3.8) is 0 Å². The Kier molecular flexibility index (Phi) is 5.32. The first-order valence-electron chi connectivity index (χ1n) is 12.0. The van der Waals surface area contributed by atoms with E-state index >= 15 is 0 Å². The van der Waals surface area contributed by atoms with Crippen LogP contribution in [-0.2, 0) is 22.3 Å². The normalized spacial score (nSPS) is 25.8. The first kappa shape index (κ1) is 23.9. The largest absolute Gasteiger partial charge is 0.454 e. The fourth-order valence-corrected chi connectivity index (χ4v) is 6.74. The summed E-state index contributed by atoms with van der Waals surface area (Å²) in [6.45, 7) is 4.60. The van der Waals surface area contributed by atoms with Crippen LogP contribution in [0.5, 0.6) is 5.75 Å². The number of hydrogen-bond acceptors (Lipinski definition) is 7. The fraction of sp³-hybridized carbons (Fsp3) is 0.308. The number of carbonyl (C=O) groups is 2. The highest BCUT2D eigenvalue weighted by Gasteiger charge is 2.72. The number of benzene rings is 2. The van der Waals surface area contributed by atoms with Crippen LogP contribution in [0.25, 0.3) is 0 Å². The molecule has 1 aromatic heterocycles. The number of Topliss-reactive ketones (excluding diaryl/α,β-unsaturated/α-hetero) is 1. The Morgan fingerprint density at radius 2 is 1.84 bits per heavy atom. The number of ether oxygens (including phenoxy) is 1. The average molecular weight is 522 g/mol. The van der Waals surface area contributed by atoms with Crippen LogP contribution in [0.4, 0.5) is 5.69 Å². The number of aryl methyl sites for hydroxylation is 1. The van der Waals surface area contributed by atoms with Crippen molar-refractivity contribution in [2.75, 3.05) is 39.0 Å². The monoisotopic (exact) mass is 521 g/mol. The van der Waals surface area contributed by atoms with Crippen LogP contribution < -0.4 is 15.8 Å². The van der Waals surface area contributed by atoms with Crippen molar-refractivity contribution in [3.05, 3.63) is 76.5 Å². The van der Waals surface area contributed by atoms with Crippen LogP contribution in [0.3, 0.4) is 0 Å². The molecule has 0 spiro atoms. The Hall–Kier alpha value is -3.51. The molecule has 3 atom stereocenters. The molecule has 0 radical (unpaired) electrons. The number of amides is 1. The summed E-state index contributed by atoms with van der Waals surface area (Å²) in [7, 11) is 0.542. The van der Waals surface area contributed by atoms with E-state index in [1.165, 1.54) is 0 Å². The third-order valence-corrected chi connectivity index (χ3v) is 8.92. The smallest absolute Gasteiger partial charge is 0.271 e. The maximum atomic E-state index is 14.0. The van der Waals surface area contributed by atoms with Gasteiger partial charge in [0, 0.05) is 43.0 Å². The maximum Gasteiger partial charge on any atom is 0.271 e. The molecule has 1 aliphatic carbocycles. The van der Waals surface area contributed by atoms with Crippen molar-refractivity contribution in [1.29, 1.82) is 0 Å². The summed E-state index contributed by atoms with van der Waals surface area (Å²) in [5, 5.41) is 15.1. The van der Waals surface area contributed by atoms with E-state index < -0.39 is 34.0 Å². The van der Waals surface area contributed by atoms with Gasteiger partial charge in [-0.3, -0.25) is 9.59 Å². The van der Waals surface area contributed by atoms with Crippen LogP contribution in [-0.4, -0.2) is 68.4 Å². The van der Waals surface area contributed by atoms with Gasteiger partial charge in [0.05, 0.1) is 5.56 Å². The molecule has 1 fully saturated rings. The number of nitrogens with two attached hydrogens (primary N) is 1. The molecule has 2 aliphatic heterocycles. The molecule has 192 valence electrons. The number of nitrogens with zero attached hydrogens (tertiary/aromatic N) is 2. The molecule has 0 saturated carbocycles. The van der Waals surface area contributed by atoms with E-state index in [0.29, 0.717) is 29.2 Å². The van der Waals surface area contributed by atoms with Gasteiger partial charge in [0.2, 0.25) is 11.3 Å². The summed E-state index contributed by atoms with van der Waals surface area (Å²) < 4.78 is 21.0. The number of para-hydroxylation sites is 1. The lowest BCUT2D eigenvalue weighted by atomic mass is 9.82. The Morgan fingerprint density at radius 3 is 2.59 bits per heavy atom. The van der Waals surface area contributed by atoms with Gasteiger partial charge in [-0.15, -0.1) is 0 Å². The number of carbonyl (C=O) groups excluding carboxylic acids is 2. The molecule has 37 heavy (non-hydrogen) atoms. The highest BCUT2D eigenvalue weighted by molar-refractivity contribution is 7.82. The molecule has 2 aromatic carbocycles. The third kappa shape index (κ3) is 3.24. The molecule has 3 aromatic rings. The van der Waals surface area contributed by atoms with Gasteiger partial charge in [0.1, 0.15) is 27.5 Å². The number of H-pyrrole nitrogens is 1. The van der Waals surface area contributed by atoms with E-state index in [2.05, 4.69) is 15.2 Å². The number of ketones is 1. The standard InChI is InChI=1S/C26H27N5O5S/c1-15-14-20(37(35)31-12-10-30(2)11-13-31)28-22(15)24(33)29-25-16-6-3-4-9-19(16)36-26(25,34)17-7-5-8-18(27)21(17)23(25)32/h3-9,14,28,34H,10-13,27H2,1-2H3,(H,29,33). The lowest BCUT2D eigenvalue weighted by molar-refractivity contribution is -0.169. The van der Waals surface area contributed by atoms with Crippen molar-refractivity contribution in [3.8, 4) is 5.75 Å². The van der Waals surface area contributed by atoms with Crippen molar-refractivity contribution in [1.82, 2.24) is 19.5 Å². The molecule has 3 unspecified atom stereocenters. The number of aliphatic hydroxyl groups is 1. The number of aromatic amines is 1. The summed E-state index contributed by atoms with van der Waals surface area (Å²) in [4.78, 5) is 32.9. The molecular weight excluding hydrogens is 494 g/mol. The van der Waals surface area contributed by atoms with Crippen molar-refractivity contribution >= 4 is 28.4 Å². The molecule has 1 saturated heterocycles. The Balaban J connectivity index is 1.39. The van der Waals surface area contributed by atoms with Gasteiger partial charge in [-0.2, -0.15) is 0 Å². The Labute approximate surface area is 216 Å². The SMILES string of the molecule is Cc1cc(S(=O)N2CCN(C)CC2)[nH]c1C(=O)NC12C(=O)c3c(N)cccc3C1(O)Oc1ccccc12. The molecule has 1 amide bonds. The van der Waals surface area contributed by atoms with Crippen molar-refractivity contribution in [2.24, 2.45) is 0 Å². The van der Waals surface area contributed by atoms with E-state index in [1.807, 2.05) is 11.4 Å². The van der Waals surface area contributed by atoms with Crippen LogP contribution in [0.15, 0.2) is 53.6 Å². The number of rotatable bonds is 4. The molecule has 6 rings (SSSR count). The molecular formula is C26H27N5O5S. The lowest BCUT2D eigenvalue weighted by Gasteiger charge is -2.34. The summed E-state index contributed by atoms with van der Waals surface area (Å²) in [5.74, 6) is -3.11. The van der Waals surface area contributed by atoms with Gasteiger partial charge in [-0.1, -0.05) is 30.3 Å². The minimum atomic E-state index is -2.19. The number of aromatic nitrogens is 1. The zero-order chi connectivity index (χ0) is 26.1. The second kappa shape index (κ2) is 8.25. The third-order valence-electron chi connectivity index (χ3n) is 7.49. The number of hydrogen-bond donors (Lipinski definition) is 4. The van der Waals surface area contributed by atoms with Crippen LogP contribution in [0.2, 0.25) is 0 Å². The van der Waals surface area contributed by atoms with Crippen LogP contribution in [0, 0.1) is 6.92 Å². The van der Waals surface area contributed by atoms with Crippen molar-refractivity contribution < 1.29 is 23.6 Å². The first-order chi connectivity index (χ1) is 17.7. The van der Waals surface area contributed by atoms with E-state index in [0.717, 1.165) is 13.1 Å². The highest BCUT2D eigenvalue weighted by atomic mass is 32.2. The minimum Gasteiger partial charge on any atom is -0.454 e. The van der Waals surface area contributed by atoms with Gasteiger partial charge in [-0.25, -0.2) is 8.51 Å². The van der Waals surface area contributed by atoms with Crippen LogP contribution >= 0.6 is 0 Å². The van der Waals surface area contributed by atoms with Gasteiger partial charge < -0.3 is 30.8 Å². The molecule has 11 heteroatoms. The summed E-state index contributed by atoms with van der Waals surface area (Å²) in [6, 6.07) is 13.1. The number of nitrogens with one attached hydrogen (secondary N) is 2. The summed E-state index contributed by atoms with van der Waals surface area (Å²) in [5.41, 5.74) is 5.71. The first-order valence-corrected chi connectivity index (χ1v) is 13.1. The highest BCUT2D eigenvalue weighted by Crippen LogP contribution is 2.58. The predicted octanol–water partition coefficient (Wildman–Crippen LogP) is 1.23. The molecule has 0 bridgehead atoms. The molecule has 5 N–H and O–H groups in total. The second-order valence-electron chi connectivity index (χ2n) is 9.72. The Bertz CT molecular complexity index is 1480. The van der Waals surface area contributed by atoms with Gasteiger partial charge in [0.25, 0.3) is 11.7 Å². The number of piperazine rings is 1. The summed E-state index contributed by atoms with van der Waals surface area (Å²) >= 11 is 0. The average Bonchev–Trinajstić information content (AvgIpc) is 3.45. The molecule has 3 aliphatic rings. The van der Waals surface area contributed by atoms with E-state index in [1.54, 1.807) is 55.5 Å². The quantitative estimate of drug-likeness (QED) is 0.379. The second-order valence-corrected chi connectivity index (χ2v) is 11.2. The van der Waals surface area contributed by atoms with E-state index in [4.69, 9.17) is 10.5 Å². The van der Waals surface area contributed by atoms with Crippen LogP contribution in [0.1, 0.15) is 37.5 Å². The van der Waals surface area contributed by atoms with Crippen molar-refractivity contribution in [2.45, 2.75) is 23.3 Å². The van der Waals surface area contributed by atoms with E-state index in [9.17, 15) is 18.9 Å². The maximum absolute atomic E-state index is 14.0. The zero-order valence-corrected chi connectivity index (χ0v) is 21.2. The zero-order valence-electron chi connectivity index (χ0n) is 20.4. The van der Waals surface area contributed by atoms with E-state index in [-0.39, 0.29) is 28.3 Å². The number of nitrogen functional groups attached to an aromatic ring is 1. The van der Waals surface area contributed by atoms with Gasteiger partial charge in [0.15, 0.2) is 0 Å².